The van der Waals surface area contributed by atoms with Gasteiger partial charge in [-0.1, -0.05) is 0 Å². The van der Waals surface area contributed by atoms with Crippen molar-refractivity contribution in [2.45, 2.75) is 6.18 Å². The van der Waals surface area contributed by atoms with Gasteiger partial charge in [0.15, 0.2) is 0 Å². The maximum absolute atomic E-state index is 12.5. The lowest BCUT2D eigenvalue weighted by atomic mass is 10.2. The summed E-state index contributed by atoms with van der Waals surface area (Å²) in [5.41, 5.74) is 4.31. The molecule has 0 aromatic carbocycles. The zero-order valence-corrected chi connectivity index (χ0v) is 10.3. The van der Waals surface area contributed by atoms with Gasteiger partial charge < -0.3 is 11.1 Å². The van der Waals surface area contributed by atoms with Gasteiger partial charge in [-0.05, 0) is 12.1 Å². The number of anilines is 2. The number of alkyl halides is 3. The summed E-state index contributed by atoms with van der Waals surface area (Å²) in [5, 5.41) is 2.48. The standard InChI is InChI=1S/C9H12F3N3O2S/c1-18(16,17)3-2-14-8-5-6(9(10,11)12)4-7(13)15-8/h4-5H,2-3H2,1H3,(H3,13,14,15). The number of nitrogens with zero attached hydrogens (tertiary/aromatic N) is 1. The van der Waals surface area contributed by atoms with Crippen LogP contribution >= 0.6 is 0 Å². The van der Waals surface area contributed by atoms with E-state index in [1.54, 1.807) is 0 Å². The van der Waals surface area contributed by atoms with E-state index in [1.165, 1.54) is 0 Å². The third-order valence-corrected chi connectivity index (χ3v) is 2.90. The van der Waals surface area contributed by atoms with Gasteiger partial charge in [0, 0.05) is 12.8 Å². The van der Waals surface area contributed by atoms with Gasteiger partial charge in [-0.25, -0.2) is 13.4 Å². The molecule has 0 aliphatic heterocycles. The summed E-state index contributed by atoms with van der Waals surface area (Å²) in [6.45, 7) is -0.0351. The van der Waals surface area contributed by atoms with Gasteiger partial charge in [0.05, 0.1) is 11.3 Å². The van der Waals surface area contributed by atoms with Gasteiger partial charge in [-0.2, -0.15) is 13.2 Å². The number of sulfone groups is 1. The molecule has 1 heterocycles. The van der Waals surface area contributed by atoms with Crippen molar-refractivity contribution in [3.8, 4) is 0 Å². The van der Waals surface area contributed by atoms with Crippen molar-refractivity contribution in [3.63, 3.8) is 0 Å². The number of hydrogen-bond acceptors (Lipinski definition) is 5. The molecule has 0 atom stereocenters. The molecule has 0 fully saturated rings. The minimum Gasteiger partial charge on any atom is -0.384 e. The molecule has 18 heavy (non-hydrogen) atoms. The van der Waals surface area contributed by atoms with Gasteiger partial charge in [-0.15, -0.1) is 0 Å². The number of nitrogens with one attached hydrogen (secondary N) is 1. The van der Waals surface area contributed by atoms with E-state index in [0.29, 0.717) is 6.07 Å². The third kappa shape index (κ3) is 4.78. The zero-order chi connectivity index (χ0) is 14.0. The van der Waals surface area contributed by atoms with E-state index in [1.807, 2.05) is 0 Å². The third-order valence-electron chi connectivity index (χ3n) is 1.95. The highest BCUT2D eigenvalue weighted by Crippen LogP contribution is 2.31. The Hall–Kier alpha value is -1.51. The number of hydrogen-bond donors (Lipinski definition) is 2. The normalized spacial score (nSPS) is 12.4. The van der Waals surface area contributed by atoms with Crippen molar-refractivity contribution >= 4 is 21.5 Å². The van der Waals surface area contributed by atoms with E-state index < -0.39 is 21.6 Å². The molecule has 0 unspecified atom stereocenters. The SMILES string of the molecule is CS(=O)(=O)CCNc1cc(C(F)(F)F)cc(N)n1. The highest BCUT2D eigenvalue weighted by atomic mass is 32.2. The summed E-state index contributed by atoms with van der Waals surface area (Å²) >= 11 is 0. The molecule has 3 N–H and O–H groups in total. The summed E-state index contributed by atoms with van der Waals surface area (Å²) in [6, 6.07) is 1.49. The van der Waals surface area contributed by atoms with Gasteiger partial charge in [0.1, 0.15) is 21.5 Å². The molecule has 5 nitrogen and oxygen atoms in total. The zero-order valence-electron chi connectivity index (χ0n) is 9.45. The van der Waals surface area contributed by atoms with E-state index in [2.05, 4.69) is 10.3 Å². The number of rotatable bonds is 4. The van der Waals surface area contributed by atoms with Gasteiger partial charge >= 0.3 is 6.18 Å². The van der Waals surface area contributed by atoms with E-state index >= 15 is 0 Å². The fourth-order valence-corrected chi connectivity index (χ4v) is 1.64. The fourth-order valence-electron chi connectivity index (χ4n) is 1.17. The average molecular weight is 283 g/mol. The second kappa shape index (κ2) is 5.01. The lowest BCUT2D eigenvalue weighted by molar-refractivity contribution is -0.137. The number of nitrogen functional groups attached to an aromatic ring is 1. The Kier molecular flexibility index (Phi) is 4.05. The largest absolute Gasteiger partial charge is 0.416 e. The smallest absolute Gasteiger partial charge is 0.384 e. The summed E-state index contributed by atoms with van der Waals surface area (Å²) < 4.78 is 59.1. The van der Waals surface area contributed by atoms with Gasteiger partial charge in [0.25, 0.3) is 0 Å². The van der Waals surface area contributed by atoms with Crippen molar-refractivity contribution in [2.24, 2.45) is 0 Å². The molecule has 1 aromatic heterocycles. The summed E-state index contributed by atoms with van der Waals surface area (Å²) in [4.78, 5) is 3.64. The molecule has 0 amide bonds. The Labute approximate surface area is 102 Å². The summed E-state index contributed by atoms with van der Waals surface area (Å²) in [5.74, 6) is -0.595. The van der Waals surface area contributed by atoms with Gasteiger partial charge in [-0.3, -0.25) is 0 Å². The molecule has 0 aliphatic carbocycles. The number of nitrogens with two attached hydrogens (primary N) is 1. The number of pyridine rings is 1. The molecule has 0 spiro atoms. The fraction of sp³-hybridized carbons (Fsp3) is 0.444. The number of halogens is 3. The van der Waals surface area contributed by atoms with Crippen molar-refractivity contribution < 1.29 is 21.6 Å². The molecule has 1 aromatic rings. The second-order valence-corrected chi connectivity index (χ2v) is 5.98. The van der Waals surface area contributed by atoms with Crippen molar-refractivity contribution in [2.75, 3.05) is 29.6 Å². The van der Waals surface area contributed by atoms with Crippen molar-refractivity contribution in [1.29, 1.82) is 0 Å². The van der Waals surface area contributed by atoms with E-state index in [4.69, 9.17) is 5.73 Å². The summed E-state index contributed by atoms with van der Waals surface area (Å²) in [6.07, 6.45) is -3.49. The molecule has 9 heteroatoms. The van der Waals surface area contributed by atoms with Crippen LogP contribution in [0.1, 0.15) is 5.56 Å². The first-order chi connectivity index (χ1) is 8.08. The minimum absolute atomic E-state index is 0.0351. The first kappa shape index (κ1) is 14.6. The Morgan fingerprint density at radius 1 is 1.39 bits per heavy atom. The average Bonchev–Trinajstić information content (AvgIpc) is 2.13. The quantitative estimate of drug-likeness (QED) is 0.865. The van der Waals surface area contributed by atoms with Crippen LogP contribution in [0, 0.1) is 0 Å². The van der Waals surface area contributed by atoms with E-state index in [9.17, 15) is 21.6 Å². The Bertz CT molecular complexity index is 528. The predicted octanol–water partition coefficient (Wildman–Crippen LogP) is 1.14. The van der Waals surface area contributed by atoms with Crippen LogP contribution in [0.2, 0.25) is 0 Å². The predicted molar refractivity (Wildman–Crippen MR) is 61.9 cm³/mol. The van der Waals surface area contributed by atoms with Crippen LogP contribution in [-0.4, -0.2) is 32.0 Å². The molecular weight excluding hydrogens is 271 g/mol. The molecule has 102 valence electrons. The molecular formula is C9H12F3N3O2S. The van der Waals surface area contributed by atoms with Crippen LogP contribution in [0.4, 0.5) is 24.8 Å². The minimum atomic E-state index is -4.52. The highest BCUT2D eigenvalue weighted by molar-refractivity contribution is 7.90. The van der Waals surface area contributed by atoms with Gasteiger partial charge in [0.2, 0.25) is 0 Å². The van der Waals surface area contributed by atoms with Crippen LogP contribution in [0.5, 0.6) is 0 Å². The Morgan fingerprint density at radius 2 is 2.00 bits per heavy atom. The molecule has 0 bridgehead atoms. The molecule has 0 radical (unpaired) electrons. The van der Waals surface area contributed by atoms with Crippen molar-refractivity contribution in [3.05, 3.63) is 17.7 Å². The highest BCUT2D eigenvalue weighted by Gasteiger charge is 2.31. The lowest BCUT2D eigenvalue weighted by Crippen LogP contribution is -2.16. The van der Waals surface area contributed by atoms with E-state index in [0.717, 1.165) is 12.3 Å². The Balaban J connectivity index is 2.81. The molecule has 0 saturated carbocycles. The van der Waals surface area contributed by atoms with Crippen LogP contribution in [0.25, 0.3) is 0 Å². The van der Waals surface area contributed by atoms with Crippen LogP contribution in [0.3, 0.4) is 0 Å². The van der Waals surface area contributed by atoms with Crippen LogP contribution in [-0.2, 0) is 16.0 Å². The number of aromatic nitrogens is 1. The first-order valence-electron chi connectivity index (χ1n) is 4.84. The topological polar surface area (TPSA) is 85.1 Å². The van der Waals surface area contributed by atoms with Crippen LogP contribution in [0.15, 0.2) is 12.1 Å². The maximum Gasteiger partial charge on any atom is 0.416 e. The molecule has 0 aliphatic rings. The first-order valence-corrected chi connectivity index (χ1v) is 6.90. The summed E-state index contributed by atoms with van der Waals surface area (Å²) in [7, 11) is -3.19. The van der Waals surface area contributed by atoms with E-state index in [-0.39, 0.29) is 23.9 Å². The molecule has 0 saturated heterocycles. The second-order valence-electron chi connectivity index (χ2n) is 3.72. The lowest BCUT2D eigenvalue weighted by Gasteiger charge is -2.10. The van der Waals surface area contributed by atoms with Crippen LogP contribution < -0.4 is 11.1 Å². The Morgan fingerprint density at radius 3 is 2.50 bits per heavy atom. The molecule has 1 rings (SSSR count). The maximum atomic E-state index is 12.5. The van der Waals surface area contributed by atoms with Crippen molar-refractivity contribution in [1.82, 2.24) is 4.98 Å². The monoisotopic (exact) mass is 283 g/mol.